The van der Waals surface area contributed by atoms with Crippen molar-refractivity contribution in [2.45, 2.75) is 51.7 Å². The van der Waals surface area contributed by atoms with Crippen LogP contribution >= 0.6 is 0 Å². The predicted molar refractivity (Wildman–Crippen MR) is 106 cm³/mol. The van der Waals surface area contributed by atoms with Gasteiger partial charge in [0.15, 0.2) is 0 Å². The molecule has 0 unspecified atom stereocenters. The summed E-state index contributed by atoms with van der Waals surface area (Å²) in [5, 5.41) is 2.87. The summed E-state index contributed by atoms with van der Waals surface area (Å²) in [6.45, 7) is 10.4. The molecule has 1 N–H and O–H groups in total. The minimum Gasteiger partial charge on any atom is -0.496 e. The van der Waals surface area contributed by atoms with E-state index in [4.69, 9.17) is 9.47 Å². The second-order valence-electron chi connectivity index (χ2n) is 7.78. The largest absolute Gasteiger partial charge is 0.496 e. The zero-order chi connectivity index (χ0) is 20.0. The van der Waals surface area contributed by atoms with Crippen LogP contribution in [0.15, 0.2) is 24.8 Å². The van der Waals surface area contributed by atoms with E-state index in [-0.39, 0.29) is 18.4 Å². The number of methoxy groups -OCH3 is 1. The van der Waals surface area contributed by atoms with Crippen molar-refractivity contribution in [3.05, 3.63) is 35.9 Å². The summed E-state index contributed by atoms with van der Waals surface area (Å²) in [5.41, 5.74) is 1.24. The van der Waals surface area contributed by atoms with Gasteiger partial charge >= 0.3 is 6.09 Å². The van der Waals surface area contributed by atoms with Crippen LogP contribution in [-0.2, 0) is 16.0 Å². The maximum atomic E-state index is 12.8. The van der Waals surface area contributed by atoms with E-state index in [9.17, 15) is 9.59 Å². The average molecular weight is 374 g/mol. The molecule has 1 saturated heterocycles. The quantitative estimate of drug-likeness (QED) is 0.858. The van der Waals surface area contributed by atoms with Crippen LogP contribution in [0.2, 0.25) is 0 Å². The highest BCUT2D eigenvalue weighted by molar-refractivity contribution is 5.80. The van der Waals surface area contributed by atoms with E-state index in [0.29, 0.717) is 18.8 Å². The normalized spacial score (nSPS) is 17.2. The first-order valence-electron chi connectivity index (χ1n) is 9.28. The van der Waals surface area contributed by atoms with E-state index >= 15 is 0 Å². The van der Waals surface area contributed by atoms with Gasteiger partial charge in [-0.05, 0) is 51.3 Å². The molecule has 0 aromatic heterocycles. The van der Waals surface area contributed by atoms with Crippen molar-refractivity contribution < 1.29 is 19.1 Å². The molecule has 6 heteroatoms. The summed E-state index contributed by atoms with van der Waals surface area (Å²) in [4.78, 5) is 26.6. The second kappa shape index (κ2) is 8.93. The summed E-state index contributed by atoms with van der Waals surface area (Å²) in [7, 11) is 1.60. The molecule has 1 aliphatic heterocycles. The monoisotopic (exact) mass is 374 g/mol. The number of carbonyl (C=O) groups excluding carboxylic acids is 2. The van der Waals surface area contributed by atoms with E-state index in [1.54, 1.807) is 18.1 Å². The molecule has 1 heterocycles. The van der Waals surface area contributed by atoms with Gasteiger partial charge in [0.05, 0.1) is 13.5 Å². The van der Waals surface area contributed by atoms with E-state index in [1.165, 1.54) is 0 Å². The third-order valence-electron chi connectivity index (χ3n) is 4.38. The molecule has 1 aromatic carbocycles. The number of likely N-dealkylation sites (tertiary alicyclic amines) is 1. The molecular formula is C21H30N2O4. The summed E-state index contributed by atoms with van der Waals surface area (Å²) >= 11 is 0. The Hall–Kier alpha value is -2.50. The van der Waals surface area contributed by atoms with Crippen molar-refractivity contribution in [1.29, 1.82) is 0 Å². The van der Waals surface area contributed by atoms with Gasteiger partial charge in [-0.2, -0.15) is 0 Å². The van der Waals surface area contributed by atoms with Crippen molar-refractivity contribution in [3.8, 4) is 5.75 Å². The van der Waals surface area contributed by atoms with Crippen LogP contribution in [-0.4, -0.2) is 48.7 Å². The zero-order valence-corrected chi connectivity index (χ0v) is 16.7. The fourth-order valence-corrected chi connectivity index (χ4v) is 3.13. The first-order chi connectivity index (χ1) is 12.7. The highest BCUT2D eigenvalue weighted by Gasteiger charge is 2.27. The molecule has 2 amide bonds. The molecule has 2 rings (SSSR count). The number of alkyl carbamates (subject to hydrolysis) is 1. The number of piperidine rings is 1. The van der Waals surface area contributed by atoms with Crippen LogP contribution in [0.4, 0.5) is 4.79 Å². The minimum atomic E-state index is -0.541. The number of rotatable bonds is 5. The van der Waals surface area contributed by atoms with Crippen LogP contribution in [0.3, 0.4) is 0 Å². The van der Waals surface area contributed by atoms with Crippen molar-refractivity contribution in [3.63, 3.8) is 0 Å². The number of hydrogen-bond acceptors (Lipinski definition) is 4. The Balaban J connectivity index is 1.98. The summed E-state index contributed by atoms with van der Waals surface area (Å²) < 4.78 is 10.7. The first kappa shape index (κ1) is 20.8. The third kappa shape index (κ3) is 6.31. The van der Waals surface area contributed by atoms with E-state index in [0.717, 1.165) is 24.0 Å². The molecule has 0 bridgehead atoms. The van der Waals surface area contributed by atoms with Crippen molar-refractivity contribution in [2.24, 2.45) is 0 Å². The number of nitrogens with zero attached hydrogens (tertiary/aromatic N) is 1. The summed E-state index contributed by atoms with van der Waals surface area (Å²) in [6.07, 6.45) is 3.23. The number of amides is 2. The Kier molecular flexibility index (Phi) is 6.88. The lowest BCUT2D eigenvalue weighted by atomic mass is 10.0. The van der Waals surface area contributed by atoms with Gasteiger partial charge in [-0.3, -0.25) is 4.79 Å². The van der Waals surface area contributed by atoms with E-state index in [2.05, 4.69) is 11.9 Å². The Morgan fingerprint density at radius 2 is 2.11 bits per heavy atom. The standard InChI is InChI=1S/C21H30N2O4/c1-6-15-9-10-18(26-5)16(12-15)13-19(24)23-11-7-8-17(14-23)22-20(25)27-21(2,3)4/h6,9-10,12,17H,1,7-8,11,13-14H2,2-5H3,(H,22,25)/t17-/m0/s1. The Bertz CT molecular complexity index is 694. The van der Waals surface area contributed by atoms with Crippen LogP contribution < -0.4 is 10.1 Å². The Morgan fingerprint density at radius 1 is 1.37 bits per heavy atom. The van der Waals surface area contributed by atoms with Gasteiger partial charge < -0.3 is 19.7 Å². The van der Waals surface area contributed by atoms with Gasteiger partial charge in [0.2, 0.25) is 5.91 Å². The average Bonchev–Trinajstić information content (AvgIpc) is 2.60. The molecule has 148 valence electrons. The van der Waals surface area contributed by atoms with Crippen LogP contribution in [0, 0.1) is 0 Å². The maximum Gasteiger partial charge on any atom is 0.407 e. The smallest absolute Gasteiger partial charge is 0.407 e. The maximum absolute atomic E-state index is 12.8. The molecule has 1 fully saturated rings. The lowest BCUT2D eigenvalue weighted by Gasteiger charge is -2.33. The topological polar surface area (TPSA) is 67.9 Å². The molecule has 1 aromatic rings. The van der Waals surface area contributed by atoms with Gasteiger partial charge in [0.25, 0.3) is 0 Å². The molecule has 1 aliphatic rings. The highest BCUT2D eigenvalue weighted by atomic mass is 16.6. The first-order valence-corrected chi connectivity index (χ1v) is 9.28. The second-order valence-corrected chi connectivity index (χ2v) is 7.78. The van der Waals surface area contributed by atoms with Crippen molar-refractivity contribution >= 4 is 18.1 Å². The fraction of sp³-hybridized carbons (Fsp3) is 0.524. The van der Waals surface area contributed by atoms with Crippen LogP contribution in [0.25, 0.3) is 6.08 Å². The molecule has 1 atom stereocenters. The third-order valence-corrected chi connectivity index (χ3v) is 4.38. The number of nitrogens with one attached hydrogen (secondary N) is 1. The lowest BCUT2D eigenvalue weighted by molar-refractivity contribution is -0.131. The van der Waals surface area contributed by atoms with Crippen molar-refractivity contribution in [2.75, 3.05) is 20.2 Å². The zero-order valence-electron chi connectivity index (χ0n) is 16.7. The van der Waals surface area contributed by atoms with E-state index in [1.807, 2.05) is 39.0 Å². The SMILES string of the molecule is C=Cc1ccc(OC)c(CC(=O)N2CCC[C@H](NC(=O)OC(C)(C)C)C2)c1. The number of hydrogen-bond donors (Lipinski definition) is 1. The Morgan fingerprint density at radius 3 is 2.74 bits per heavy atom. The van der Waals surface area contributed by atoms with Gasteiger partial charge in [0.1, 0.15) is 11.4 Å². The molecule has 0 saturated carbocycles. The van der Waals surface area contributed by atoms with Gasteiger partial charge in [0, 0.05) is 24.7 Å². The van der Waals surface area contributed by atoms with Gasteiger partial charge in [-0.1, -0.05) is 18.7 Å². The number of benzene rings is 1. The highest BCUT2D eigenvalue weighted by Crippen LogP contribution is 2.22. The summed E-state index contributed by atoms with van der Waals surface area (Å²) in [6, 6.07) is 5.58. The molecule has 0 aliphatic carbocycles. The number of carbonyl (C=O) groups is 2. The lowest BCUT2D eigenvalue weighted by Crippen LogP contribution is -2.50. The number of ether oxygens (including phenoxy) is 2. The van der Waals surface area contributed by atoms with Gasteiger partial charge in [-0.25, -0.2) is 4.79 Å². The fourth-order valence-electron chi connectivity index (χ4n) is 3.13. The molecule has 6 nitrogen and oxygen atoms in total. The Labute approximate surface area is 161 Å². The summed E-state index contributed by atoms with van der Waals surface area (Å²) in [5.74, 6) is 0.708. The predicted octanol–water partition coefficient (Wildman–Crippen LogP) is 3.40. The van der Waals surface area contributed by atoms with Crippen LogP contribution in [0.1, 0.15) is 44.7 Å². The minimum absolute atomic E-state index is 0.0187. The van der Waals surface area contributed by atoms with Crippen molar-refractivity contribution in [1.82, 2.24) is 10.2 Å². The molecule has 0 spiro atoms. The molecule has 27 heavy (non-hydrogen) atoms. The van der Waals surface area contributed by atoms with Crippen LogP contribution in [0.5, 0.6) is 5.75 Å². The van der Waals surface area contributed by atoms with E-state index < -0.39 is 11.7 Å². The molecule has 0 radical (unpaired) electrons. The molecular weight excluding hydrogens is 344 g/mol. The van der Waals surface area contributed by atoms with Gasteiger partial charge in [-0.15, -0.1) is 0 Å².